The maximum Gasteiger partial charge on any atom is 0.407 e. The van der Waals surface area contributed by atoms with Gasteiger partial charge in [0.05, 0.1) is 33.1 Å². The lowest BCUT2D eigenvalue weighted by atomic mass is 10.2. The Morgan fingerprint density at radius 1 is 0.935 bits per heavy atom. The van der Waals surface area contributed by atoms with Crippen molar-refractivity contribution in [2.45, 2.75) is 40.0 Å². The Kier molecular flexibility index (Phi) is 41.4. The molecule has 0 aliphatic carbocycles. The maximum absolute atomic E-state index is 10.9. The zero-order chi connectivity index (χ0) is 23.3. The van der Waals surface area contributed by atoms with Crippen LogP contribution in [0.4, 0.5) is 4.79 Å². The van der Waals surface area contributed by atoms with Crippen molar-refractivity contribution < 1.29 is 39.2 Å². The van der Waals surface area contributed by atoms with Crippen molar-refractivity contribution in [1.29, 1.82) is 0 Å². The number of nitrogens with zero attached hydrogens (tertiary/aromatic N) is 1. The molecule has 0 radical (unpaired) electrons. The Balaban J connectivity index is -0.000000196. The Hall–Kier alpha value is -2.08. The lowest BCUT2D eigenvalue weighted by molar-refractivity contribution is -0.118. The van der Waals surface area contributed by atoms with Gasteiger partial charge >= 0.3 is 6.09 Å². The second kappa shape index (κ2) is 35.4. The first-order valence-corrected chi connectivity index (χ1v) is 9.70. The number of aliphatic hydroxyl groups excluding tert-OH is 3. The summed E-state index contributed by atoms with van der Waals surface area (Å²) in [4.78, 5) is 34.4. The zero-order valence-electron chi connectivity index (χ0n) is 18.0. The third-order valence-electron chi connectivity index (χ3n) is 2.94. The van der Waals surface area contributed by atoms with Gasteiger partial charge in [0.2, 0.25) is 12.0 Å². The van der Waals surface area contributed by atoms with Crippen LogP contribution in [0.2, 0.25) is 0 Å². The molecule has 12 nitrogen and oxygen atoms in total. The third-order valence-corrected chi connectivity index (χ3v) is 2.94. The Morgan fingerprint density at radius 2 is 1.55 bits per heavy atom. The molecule has 0 bridgehead atoms. The highest BCUT2D eigenvalue weighted by Crippen LogP contribution is 1.98. The van der Waals surface area contributed by atoms with Crippen molar-refractivity contribution in [3.8, 4) is 0 Å². The Bertz CT molecular complexity index is 420. The highest BCUT2D eigenvalue weighted by Gasteiger charge is 1.99. The second-order valence-corrected chi connectivity index (χ2v) is 5.53. The molecule has 2 amide bonds. The van der Waals surface area contributed by atoms with Crippen molar-refractivity contribution in [2.75, 3.05) is 66.4 Å². The molecule has 0 spiro atoms. The number of rotatable bonds is 15. The van der Waals surface area contributed by atoms with Crippen LogP contribution in [0.15, 0.2) is 4.99 Å². The average molecular weight is 455 g/mol. The summed E-state index contributed by atoms with van der Waals surface area (Å²) in [7, 11) is 1.53. The van der Waals surface area contributed by atoms with Gasteiger partial charge in [-0.15, -0.1) is 0 Å². The van der Waals surface area contributed by atoms with E-state index in [1.54, 1.807) is 0 Å². The number of aliphatic hydroxyl groups is 3. The van der Waals surface area contributed by atoms with E-state index >= 15 is 0 Å². The van der Waals surface area contributed by atoms with E-state index in [0.29, 0.717) is 26.2 Å². The molecular formula is C19H42N4O8. The monoisotopic (exact) mass is 454 g/mol. The predicted octanol–water partition coefficient (Wildman–Crippen LogP) is -0.476. The molecule has 0 saturated heterocycles. The quantitative estimate of drug-likeness (QED) is 0.0825. The van der Waals surface area contributed by atoms with E-state index in [0.717, 1.165) is 32.2 Å². The molecule has 186 valence electrons. The molecule has 12 heteroatoms. The van der Waals surface area contributed by atoms with E-state index in [9.17, 15) is 14.4 Å². The lowest BCUT2D eigenvalue weighted by Gasteiger charge is -2.06. The molecule has 0 heterocycles. The van der Waals surface area contributed by atoms with Gasteiger partial charge in [-0.1, -0.05) is 20.3 Å². The number of hydrogen-bond donors (Lipinski definition) is 6. The van der Waals surface area contributed by atoms with E-state index in [1.165, 1.54) is 20.1 Å². The highest BCUT2D eigenvalue weighted by molar-refractivity contribution is 5.73. The summed E-state index contributed by atoms with van der Waals surface area (Å²) < 4.78 is 9.39. The minimum absolute atomic E-state index is 0. The molecule has 0 aromatic carbocycles. The number of unbranched alkanes of at least 4 members (excludes halogenated alkanes) is 3. The van der Waals surface area contributed by atoms with Crippen LogP contribution in [-0.2, 0) is 19.1 Å². The summed E-state index contributed by atoms with van der Waals surface area (Å²) in [6.45, 7) is 4.01. The van der Waals surface area contributed by atoms with Gasteiger partial charge in [0.1, 0.15) is 6.61 Å². The molecule has 0 aliphatic rings. The molecule has 0 aromatic rings. The average Bonchev–Trinajstić information content (AvgIpc) is 2.74. The Morgan fingerprint density at radius 3 is 2.06 bits per heavy atom. The number of methoxy groups -OCH3 is 1. The van der Waals surface area contributed by atoms with E-state index in [2.05, 4.69) is 25.7 Å². The zero-order valence-corrected chi connectivity index (χ0v) is 18.0. The fraction of sp³-hybridized carbons (Fsp3) is 0.842. The molecule has 0 saturated carbocycles. The van der Waals surface area contributed by atoms with E-state index in [4.69, 9.17) is 20.1 Å². The number of ether oxygens (including phenoxy) is 2. The minimum atomic E-state index is -0.507. The molecule has 0 aromatic heterocycles. The van der Waals surface area contributed by atoms with E-state index in [-0.39, 0.29) is 39.9 Å². The number of amides is 2. The van der Waals surface area contributed by atoms with Crippen molar-refractivity contribution in [1.82, 2.24) is 16.0 Å². The van der Waals surface area contributed by atoms with E-state index < -0.39 is 6.09 Å². The van der Waals surface area contributed by atoms with Gasteiger partial charge in [-0.25, -0.2) is 14.6 Å². The van der Waals surface area contributed by atoms with Crippen molar-refractivity contribution in [2.24, 2.45) is 4.99 Å². The van der Waals surface area contributed by atoms with Crippen LogP contribution < -0.4 is 16.0 Å². The SMILES string of the molecule is C.COCCOC(=O)NCCNC(C)=O.O=C=NCCCCCCNCO.OCCO. The summed E-state index contributed by atoms with van der Waals surface area (Å²) in [5.41, 5.74) is 0. The number of carbonyl (C=O) groups is 2. The minimum Gasteiger partial charge on any atom is -0.447 e. The largest absolute Gasteiger partial charge is 0.447 e. The number of alkyl carbamates (subject to hydrolysis) is 1. The lowest BCUT2D eigenvalue weighted by Crippen LogP contribution is -2.34. The van der Waals surface area contributed by atoms with Crippen LogP contribution >= 0.6 is 0 Å². The fourth-order valence-corrected chi connectivity index (χ4v) is 1.59. The summed E-state index contributed by atoms with van der Waals surface area (Å²) in [5.74, 6) is -0.125. The van der Waals surface area contributed by atoms with Crippen LogP contribution in [0.3, 0.4) is 0 Å². The Labute approximate surface area is 185 Å². The van der Waals surface area contributed by atoms with Gasteiger partial charge in [-0.3, -0.25) is 10.1 Å². The number of aliphatic imine (C=N–C) groups is 1. The smallest absolute Gasteiger partial charge is 0.407 e. The summed E-state index contributed by atoms with van der Waals surface area (Å²) >= 11 is 0. The van der Waals surface area contributed by atoms with Crippen molar-refractivity contribution >= 4 is 18.1 Å². The standard InChI is InChI=1S/C8H16N2O4.C8H16N2O2.C2H6O2.CH4/c1-7(11)9-3-4-10-8(12)14-6-5-13-2;11-7-9-5-3-1-2-4-6-10-8-12;3-1-2-4;/h3-6H2,1-2H3,(H,9,11)(H,10,12);9,11H,1-7H2;3-4H,1-2H2;1H4. The third kappa shape index (κ3) is 47.3. The fourth-order valence-electron chi connectivity index (χ4n) is 1.59. The van der Waals surface area contributed by atoms with Gasteiger partial charge in [-0.2, -0.15) is 0 Å². The molecule has 31 heavy (non-hydrogen) atoms. The van der Waals surface area contributed by atoms with Crippen LogP contribution in [0.25, 0.3) is 0 Å². The molecule has 0 atom stereocenters. The normalized spacial score (nSPS) is 8.81. The topological polar surface area (TPSA) is 179 Å². The summed E-state index contributed by atoms with van der Waals surface area (Å²) in [6, 6.07) is 0. The first-order valence-electron chi connectivity index (χ1n) is 9.70. The highest BCUT2D eigenvalue weighted by atomic mass is 16.6. The van der Waals surface area contributed by atoms with Gasteiger partial charge in [0, 0.05) is 27.1 Å². The van der Waals surface area contributed by atoms with Crippen LogP contribution in [0, 0.1) is 0 Å². The van der Waals surface area contributed by atoms with E-state index in [1.807, 2.05) is 0 Å². The van der Waals surface area contributed by atoms with Gasteiger partial charge < -0.3 is 35.4 Å². The van der Waals surface area contributed by atoms with Gasteiger partial charge in [0.15, 0.2) is 0 Å². The second-order valence-electron chi connectivity index (χ2n) is 5.53. The number of hydrogen-bond acceptors (Lipinski definition) is 10. The van der Waals surface area contributed by atoms with Crippen LogP contribution in [0.5, 0.6) is 0 Å². The van der Waals surface area contributed by atoms with Crippen LogP contribution in [-0.4, -0.2) is 99.8 Å². The number of isocyanates is 1. The van der Waals surface area contributed by atoms with Gasteiger partial charge in [0.25, 0.3) is 0 Å². The van der Waals surface area contributed by atoms with Crippen molar-refractivity contribution in [3.63, 3.8) is 0 Å². The summed E-state index contributed by atoms with van der Waals surface area (Å²) in [6.07, 6.45) is 5.21. The summed E-state index contributed by atoms with van der Waals surface area (Å²) in [5, 5.41) is 31.4. The predicted molar refractivity (Wildman–Crippen MR) is 117 cm³/mol. The number of nitrogens with one attached hydrogen (secondary N) is 3. The number of carbonyl (C=O) groups excluding carboxylic acids is 3. The van der Waals surface area contributed by atoms with Crippen LogP contribution in [0.1, 0.15) is 40.0 Å². The van der Waals surface area contributed by atoms with Crippen molar-refractivity contribution in [3.05, 3.63) is 0 Å². The molecule has 6 N–H and O–H groups in total. The first kappa shape index (κ1) is 36.3. The molecule has 0 fully saturated rings. The molecular weight excluding hydrogens is 412 g/mol. The van der Waals surface area contributed by atoms with Gasteiger partial charge in [-0.05, 0) is 19.4 Å². The first-order chi connectivity index (χ1) is 14.5. The maximum atomic E-state index is 10.9. The molecule has 0 unspecified atom stereocenters. The molecule has 0 aliphatic heterocycles. The molecule has 0 rings (SSSR count).